The zero-order valence-electron chi connectivity index (χ0n) is 5.69. The number of carbonyl (C=O) groups is 1. The Morgan fingerprint density at radius 2 is 2.12 bits per heavy atom. The Morgan fingerprint density at radius 1 is 1.62 bits per heavy atom. The van der Waals surface area contributed by atoms with E-state index >= 15 is 0 Å². The number of hydrogen-bond donors (Lipinski definition) is 0. The summed E-state index contributed by atoms with van der Waals surface area (Å²) in [6.07, 6.45) is 0.799. The van der Waals surface area contributed by atoms with Crippen molar-refractivity contribution >= 4 is 5.78 Å². The van der Waals surface area contributed by atoms with Crippen molar-refractivity contribution in [1.29, 1.82) is 0 Å². The van der Waals surface area contributed by atoms with Gasteiger partial charge in [-0.15, -0.1) is 0 Å². The molecule has 0 aliphatic heterocycles. The predicted octanol–water partition coefficient (Wildman–Crippen LogP) is 1.62. The van der Waals surface area contributed by atoms with E-state index in [1.54, 1.807) is 0 Å². The minimum atomic E-state index is 0. The summed E-state index contributed by atoms with van der Waals surface area (Å²) in [5.41, 5.74) is 0. The third-order valence-electron chi connectivity index (χ3n) is 2.44. The SMILES string of the molecule is CC1CC(=O)C1(C)C. The van der Waals surface area contributed by atoms with E-state index in [0.29, 0.717) is 11.7 Å². The average Bonchev–Trinajstić information content (AvgIpc) is 1.68. The Labute approximate surface area is 50.1 Å². The molecule has 1 saturated carbocycles. The first kappa shape index (κ1) is 5.80. The van der Waals surface area contributed by atoms with Gasteiger partial charge in [0.1, 0.15) is 5.78 Å². The van der Waals surface area contributed by atoms with Crippen LogP contribution in [0.15, 0.2) is 0 Å². The highest BCUT2D eigenvalue weighted by atomic mass is 16.1. The van der Waals surface area contributed by atoms with Crippen molar-refractivity contribution in [1.82, 2.24) is 0 Å². The quantitative estimate of drug-likeness (QED) is 0.465. The lowest BCUT2D eigenvalue weighted by molar-refractivity contribution is -0.141. The van der Waals surface area contributed by atoms with Gasteiger partial charge in [-0.05, 0) is 5.92 Å². The Morgan fingerprint density at radius 3 is 2.12 bits per heavy atom. The third kappa shape index (κ3) is 0.504. The van der Waals surface area contributed by atoms with Crippen LogP contribution in [0.5, 0.6) is 0 Å². The van der Waals surface area contributed by atoms with Gasteiger partial charge in [0.15, 0.2) is 0 Å². The van der Waals surface area contributed by atoms with E-state index in [2.05, 4.69) is 6.92 Å². The number of hydrogen-bond acceptors (Lipinski definition) is 1. The lowest BCUT2D eigenvalue weighted by atomic mass is 9.62. The second kappa shape index (κ2) is 1.34. The molecule has 1 unspecified atom stereocenters. The molecule has 0 N–H and O–H groups in total. The largest absolute Gasteiger partial charge is 0.299 e. The van der Waals surface area contributed by atoms with Gasteiger partial charge in [-0.2, -0.15) is 0 Å². The molecule has 1 heteroatoms. The lowest BCUT2D eigenvalue weighted by Gasteiger charge is -2.40. The van der Waals surface area contributed by atoms with Gasteiger partial charge in [-0.3, -0.25) is 4.79 Å². The molecular formula is C7H12O. The zero-order chi connectivity index (χ0) is 6.36. The summed E-state index contributed by atoms with van der Waals surface area (Å²) in [6.45, 7) is 6.16. The Bertz CT molecular complexity index is 124. The van der Waals surface area contributed by atoms with E-state index in [9.17, 15) is 4.79 Å². The van der Waals surface area contributed by atoms with Crippen LogP contribution in [0.2, 0.25) is 0 Å². The first-order valence-electron chi connectivity index (χ1n) is 3.08. The summed E-state index contributed by atoms with van der Waals surface area (Å²) in [5.74, 6) is 1.03. The fourth-order valence-electron chi connectivity index (χ4n) is 0.940. The number of carbonyl (C=O) groups excluding carboxylic acids is 1. The molecule has 8 heavy (non-hydrogen) atoms. The fourth-order valence-corrected chi connectivity index (χ4v) is 0.940. The third-order valence-corrected chi connectivity index (χ3v) is 2.44. The second-order valence-corrected chi connectivity index (χ2v) is 3.25. The standard InChI is InChI=1S/C7H12O/c1-5-4-6(8)7(5,2)3/h5H,4H2,1-3H3. The molecule has 0 aromatic heterocycles. The molecule has 0 aromatic rings. The molecule has 1 nitrogen and oxygen atoms in total. The van der Waals surface area contributed by atoms with Crippen LogP contribution in [0.1, 0.15) is 27.2 Å². The topological polar surface area (TPSA) is 17.1 Å². The van der Waals surface area contributed by atoms with Crippen molar-refractivity contribution in [2.45, 2.75) is 27.2 Å². The van der Waals surface area contributed by atoms with E-state index in [1.807, 2.05) is 13.8 Å². The highest BCUT2D eigenvalue weighted by molar-refractivity contribution is 5.90. The second-order valence-electron chi connectivity index (χ2n) is 3.25. The Hall–Kier alpha value is -0.330. The van der Waals surface area contributed by atoms with E-state index in [-0.39, 0.29) is 5.41 Å². The molecule has 1 rings (SSSR count). The zero-order valence-corrected chi connectivity index (χ0v) is 5.69. The number of rotatable bonds is 0. The van der Waals surface area contributed by atoms with Crippen molar-refractivity contribution in [3.63, 3.8) is 0 Å². The van der Waals surface area contributed by atoms with Gasteiger partial charge >= 0.3 is 0 Å². The maximum atomic E-state index is 10.8. The molecule has 0 spiro atoms. The van der Waals surface area contributed by atoms with Crippen molar-refractivity contribution in [2.24, 2.45) is 11.3 Å². The van der Waals surface area contributed by atoms with Crippen LogP contribution in [-0.2, 0) is 4.79 Å². The van der Waals surface area contributed by atoms with Crippen molar-refractivity contribution in [3.8, 4) is 0 Å². The molecule has 1 fully saturated rings. The van der Waals surface area contributed by atoms with E-state index < -0.39 is 0 Å². The smallest absolute Gasteiger partial charge is 0.139 e. The van der Waals surface area contributed by atoms with Crippen molar-refractivity contribution in [3.05, 3.63) is 0 Å². The molecule has 1 aliphatic rings. The average molecular weight is 112 g/mol. The van der Waals surface area contributed by atoms with Crippen LogP contribution in [0.4, 0.5) is 0 Å². The van der Waals surface area contributed by atoms with Crippen molar-refractivity contribution in [2.75, 3.05) is 0 Å². The lowest BCUT2D eigenvalue weighted by Crippen LogP contribution is -2.43. The van der Waals surface area contributed by atoms with E-state index in [4.69, 9.17) is 0 Å². The Balaban J connectivity index is 2.66. The van der Waals surface area contributed by atoms with E-state index in [0.717, 1.165) is 6.42 Å². The summed E-state index contributed by atoms with van der Waals surface area (Å²) in [4.78, 5) is 10.8. The summed E-state index contributed by atoms with van der Waals surface area (Å²) in [5, 5.41) is 0. The van der Waals surface area contributed by atoms with Gasteiger partial charge in [-0.1, -0.05) is 20.8 Å². The van der Waals surface area contributed by atoms with Gasteiger partial charge in [-0.25, -0.2) is 0 Å². The molecule has 1 aliphatic carbocycles. The Kier molecular flexibility index (Phi) is 0.969. The molecule has 46 valence electrons. The number of ketones is 1. The van der Waals surface area contributed by atoms with Crippen molar-refractivity contribution < 1.29 is 4.79 Å². The molecule has 0 saturated heterocycles. The molecule has 0 bridgehead atoms. The first-order valence-corrected chi connectivity index (χ1v) is 3.08. The predicted molar refractivity (Wildman–Crippen MR) is 32.6 cm³/mol. The van der Waals surface area contributed by atoms with Crippen LogP contribution < -0.4 is 0 Å². The van der Waals surface area contributed by atoms with Crippen LogP contribution in [-0.4, -0.2) is 5.78 Å². The molecule has 0 heterocycles. The molecule has 0 aromatic carbocycles. The summed E-state index contributed by atoms with van der Waals surface area (Å²) in [7, 11) is 0. The summed E-state index contributed by atoms with van der Waals surface area (Å²) < 4.78 is 0. The maximum absolute atomic E-state index is 10.8. The van der Waals surface area contributed by atoms with E-state index in [1.165, 1.54) is 0 Å². The van der Waals surface area contributed by atoms with Gasteiger partial charge in [0.2, 0.25) is 0 Å². The van der Waals surface area contributed by atoms with Gasteiger partial charge in [0.25, 0.3) is 0 Å². The van der Waals surface area contributed by atoms with Crippen LogP contribution in [0, 0.1) is 11.3 Å². The van der Waals surface area contributed by atoms with Crippen LogP contribution in [0.3, 0.4) is 0 Å². The minimum absolute atomic E-state index is 0. The van der Waals surface area contributed by atoms with Gasteiger partial charge < -0.3 is 0 Å². The monoisotopic (exact) mass is 112 g/mol. The minimum Gasteiger partial charge on any atom is -0.299 e. The normalized spacial score (nSPS) is 34.4. The molecule has 0 radical (unpaired) electrons. The summed E-state index contributed by atoms with van der Waals surface area (Å²) in [6, 6.07) is 0. The van der Waals surface area contributed by atoms with Crippen LogP contribution >= 0.6 is 0 Å². The summed E-state index contributed by atoms with van der Waals surface area (Å²) >= 11 is 0. The highest BCUT2D eigenvalue weighted by Gasteiger charge is 2.43. The maximum Gasteiger partial charge on any atom is 0.139 e. The fraction of sp³-hybridized carbons (Fsp3) is 0.857. The highest BCUT2D eigenvalue weighted by Crippen LogP contribution is 2.41. The van der Waals surface area contributed by atoms with Gasteiger partial charge in [0.05, 0.1) is 0 Å². The molecular weight excluding hydrogens is 100 g/mol. The van der Waals surface area contributed by atoms with Gasteiger partial charge in [0, 0.05) is 11.8 Å². The van der Waals surface area contributed by atoms with Crippen LogP contribution in [0.25, 0.3) is 0 Å². The molecule has 0 amide bonds. The molecule has 1 atom stereocenters. The number of Topliss-reactive ketones (excluding diaryl/α,β-unsaturated/α-hetero) is 1. The first-order chi connectivity index (χ1) is 3.55.